The Kier molecular flexibility index (Phi) is 5.99. The molecule has 25 heavy (non-hydrogen) atoms. The van der Waals surface area contributed by atoms with Crippen LogP contribution in [0.2, 0.25) is 0 Å². The van der Waals surface area contributed by atoms with Gasteiger partial charge in [-0.1, -0.05) is 18.2 Å². The minimum absolute atomic E-state index is 0.0808. The van der Waals surface area contributed by atoms with Gasteiger partial charge in [-0.25, -0.2) is 14.2 Å². The first-order valence-corrected chi connectivity index (χ1v) is 9.33. The predicted octanol–water partition coefficient (Wildman–Crippen LogP) is 2.95. The first-order chi connectivity index (χ1) is 12.1. The van der Waals surface area contributed by atoms with Crippen LogP contribution in [0.1, 0.15) is 17.0 Å². The number of hydrogen-bond acceptors (Lipinski definition) is 4. The maximum Gasteiger partial charge on any atom is 0.317 e. The summed E-state index contributed by atoms with van der Waals surface area (Å²) in [5.41, 5.74) is 0.732. The number of nitrogens with zero attached hydrogens (tertiary/aromatic N) is 3. The van der Waals surface area contributed by atoms with Gasteiger partial charge in [-0.3, -0.25) is 4.90 Å². The van der Waals surface area contributed by atoms with Gasteiger partial charge >= 0.3 is 6.03 Å². The third-order valence-electron chi connectivity index (χ3n) is 4.47. The summed E-state index contributed by atoms with van der Waals surface area (Å²) >= 11 is 1.54. The number of hydrogen-bond donors (Lipinski definition) is 1. The normalized spacial score (nSPS) is 17.6. The van der Waals surface area contributed by atoms with E-state index >= 15 is 0 Å². The summed E-state index contributed by atoms with van der Waals surface area (Å²) in [6.45, 7) is 3.61. The first-order valence-electron chi connectivity index (χ1n) is 8.45. The average molecular weight is 362 g/mol. The Morgan fingerprint density at radius 2 is 2.32 bits per heavy atom. The van der Waals surface area contributed by atoms with E-state index in [1.807, 2.05) is 17.5 Å². The quantitative estimate of drug-likeness (QED) is 0.860. The van der Waals surface area contributed by atoms with E-state index in [1.165, 1.54) is 6.07 Å². The molecule has 1 aromatic heterocycles. The monoisotopic (exact) mass is 362 g/mol. The van der Waals surface area contributed by atoms with Crippen molar-refractivity contribution in [2.24, 2.45) is 5.92 Å². The summed E-state index contributed by atoms with van der Waals surface area (Å²) in [6.07, 6.45) is 2.76. The van der Waals surface area contributed by atoms with Gasteiger partial charge in [0, 0.05) is 43.8 Å². The van der Waals surface area contributed by atoms with Gasteiger partial charge in [0.1, 0.15) is 10.8 Å². The van der Waals surface area contributed by atoms with Gasteiger partial charge in [0.25, 0.3) is 0 Å². The van der Waals surface area contributed by atoms with E-state index < -0.39 is 0 Å². The van der Waals surface area contributed by atoms with Crippen molar-refractivity contribution in [3.8, 4) is 0 Å². The zero-order chi connectivity index (χ0) is 17.6. The molecule has 1 saturated heterocycles. The van der Waals surface area contributed by atoms with Crippen molar-refractivity contribution < 1.29 is 9.18 Å². The highest BCUT2D eigenvalue weighted by Crippen LogP contribution is 2.19. The van der Waals surface area contributed by atoms with Crippen LogP contribution in [0.3, 0.4) is 0 Å². The van der Waals surface area contributed by atoms with Crippen LogP contribution in [0.25, 0.3) is 0 Å². The number of urea groups is 1. The van der Waals surface area contributed by atoms with Gasteiger partial charge < -0.3 is 10.2 Å². The van der Waals surface area contributed by atoms with Crippen LogP contribution in [-0.4, -0.2) is 47.5 Å². The first kappa shape index (κ1) is 17.8. The molecule has 134 valence electrons. The molecule has 3 rings (SSSR count). The number of nitrogens with one attached hydrogen (secondary N) is 1. The number of carbonyl (C=O) groups is 1. The molecule has 1 atom stereocenters. The molecule has 1 aliphatic rings. The zero-order valence-electron chi connectivity index (χ0n) is 14.3. The minimum atomic E-state index is -0.150. The largest absolute Gasteiger partial charge is 0.338 e. The van der Waals surface area contributed by atoms with Gasteiger partial charge in [0.05, 0.1) is 6.54 Å². The van der Waals surface area contributed by atoms with Crippen molar-refractivity contribution in [2.75, 3.05) is 26.7 Å². The van der Waals surface area contributed by atoms with Crippen molar-refractivity contribution in [1.29, 1.82) is 0 Å². The zero-order valence-corrected chi connectivity index (χ0v) is 15.1. The van der Waals surface area contributed by atoms with Crippen LogP contribution in [0.15, 0.2) is 35.8 Å². The Hall–Kier alpha value is -1.99. The van der Waals surface area contributed by atoms with Gasteiger partial charge in [-0.15, -0.1) is 11.3 Å². The molecule has 0 spiro atoms. The molecule has 1 fully saturated rings. The predicted molar refractivity (Wildman–Crippen MR) is 96.8 cm³/mol. The fourth-order valence-corrected chi connectivity index (χ4v) is 3.73. The molecule has 1 aromatic carbocycles. The molecule has 1 aliphatic heterocycles. The number of rotatable bonds is 6. The van der Waals surface area contributed by atoms with Crippen molar-refractivity contribution in [2.45, 2.75) is 19.5 Å². The van der Waals surface area contributed by atoms with E-state index in [1.54, 1.807) is 35.5 Å². The molecular weight excluding hydrogens is 339 g/mol. The molecule has 7 heteroatoms. The fraction of sp³-hybridized carbons (Fsp3) is 0.444. The van der Waals surface area contributed by atoms with Crippen molar-refractivity contribution in [3.63, 3.8) is 0 Å². The summed E-state index contributed by atoms with van der Waals surface area (Å²) in [6, 6.07) is 6.83. The van der Waals surface area contributed by atoms with Crippen LogP contribution in [0, 0.1) is 11.7 Å². The second kappa shape index (κ2) is 8.40. The van der Waals surface area contributed by atoms with Crippen LogP contribution >= 0.6 is 11.3 Å². The number of carbonyl (C=O) groups excluding carboxylic acids is 1. The van der Waals surface area contributed by atoms with Crippen LogP contribution in [0.5, 0.6) is 0 Å². The molecule has 0 unspecified atom stereocenters. The van der Waals surface area contributed by atoms with Gasteiger partial charge in [0.15, 0.2) is 0 Å². The van der Waals surface area contributed by atoms with Crippen LogP contribution in [-0.2, 0) is 13.1 Å². The molecule has 2 heterocycles. The average Bonchev–Trinajstić information content (AvgIpc) is 3.26. The maximum atomic E-state index is 13.7. The van der Waals surface area contributed by atoms with Gasteiger partial charge in [-0.2, -0.15) is 0 Å². The number of benzene rings is 1. The van der Waals surface area contributed by atoms with E-state index in [0.717, 1.165) is 30.1 Å². The lowest BCUT2D eigenvalue weighted by Gasteiger charge is -2.19. The topological polar surface area (TPSA) is 48.5 Å². The lowest BCUT2D eigenvalue weighted by Crippen LogP contribution is -2.39. The standard InChI is InChI=1S/C18H23FN4OS/c1-22(13-17-20-7-9-25-17)18(24)21-10-14-6-8-23(11-14)12-15-4-2-3-5-16(15)19/h2-5,7,9,14H,6,8,10-13H2,1H3,(H,21,24)/t14-/m1/s1. The highest BCUT2D eigenvalue weighted by atomic mass is 32.1. The van der Waals surface area contributed by atoms with E-state index in [2.05, 4.69) is 15.2 Å². The molecule has 2 aromatic rings. The Balaban J connectivity index is 1.41. The number of thiazole rings is 1. The maximum absolute atomic E-state index is 13.7. The lowest BCUT2D eigenvalue weighted by atomic mass is 10.1. The fourth-order valence-electron chi connectivity index (χ4n) is 3.06. The van der Waals surface area contributed by atoms with Crippen molar-refractivity contribution >= 4 is 17.4 Å². The Morgan fingerprint density at radius 1 is 1.48 bits per heavy atom. The van der Waals surface area contributed by atoms with Gasteiger partial charge in [0.2, 0.25) is 0 Å². The molecule has 0 aliphatic carbocycles. The molecule has 0 saturated carbocycles. The Labute approximate surface area is 151 Å². The highest BCUT2D eigenvalue weighted by molar-refractivity contribution is 7.09. The van der Waals surface area contributed by atoms with E-state index in [9.17, 15) is 9.18 Å². The molecule has 0 radical (unpaired) electrons. The van der Waals surface area contributed by atoms with Crippen molar-refractivity contribution in [1.82, 2.24) is 20.1 Å². The van der Waals surface area contributed by atoms with E-state index in [-0.39, 0.29) is 11.8 Å². The SMILES string of the molecule is CN(Cc1nccs1)C(=O)NC[C@H]1CCN(Cc2ccccc2F)C1. The summed E-state index contributed by atoms with van der Waals surface area (Å²) < 4.78 is 13.7. The summed E-state index contributed by atoms with van der Waals surface area (Å²) in [5, 5.41) is 5.83. The second-order valence-corrected chi connectivity index (χ2v) is 7.43. The smallest absolute Gasteiger partial charge is 0.317 e. The van der Waals surface area contributed by atoms with Crippen LogP contribution < -0.4 is 5.32 Å². The third-order valence-corrected chi connectivity index (χ3v) is 5.23. The summed E-state index contributed by atoms with van der Waals surface area (Å²) in [5.74, 6) is 0.257. The lowest BCUT2D eigenvalue weighted by molar-refractivity contribution is 0.204. The number of halogens is 1. The summed E-state index contributed by atoms with van der Waals surface area (Å²) in [7, 11) is 1.77. The highest BCUT2D eigenvalue weighted by Gasteiger charge is 2.24. The van der Waals surface area contributed by atoms with E-state index in [4.69, 9.17) is 0 Å². The summed E-state index contributed by atoms with van der Waals surface area (Å²) in [4.78, 5) is 20.3. The minimum Gasteiger partial charge on any atom is -0.338 e. The number of aromatic nitrogens is 1. The Bertz CT molecular complexity index is 694. The molecular formula is C18H23FN4OS. The van der Waals surface area contributed by atoms with Crippen LogP contribution in [0.4, 0.5) is 9.18 Å². The molecule has 1 N–H and O–H groups in total. The van der Waals surface area contributed by atoms with E-state index in [0.29, 0.717) is 25.6 Å². The molecule has 0 bridgehead atoms. The number of likely N-dealkylation sites (tertiary alicyclic amines) is 1. The number of amides is 2. The second-order valence-electron chi connectivity index (χ2n) is 6.45. The molecule has 5 nitrogen and oxygen atoms in total. The van der Waals surface area contributed by atoms with Crippen molar-refractivity contribution in [3.05, 3.63) is 52.2 Å². The molecule has 2 amide bonds. The third kappa shape index (κ3) is 4.99. The Morgan fingerprint density at radius 3 is 3.08 bits per heavy atom. The van der Waals surface area contributed by atoms with Gasteiger partial charge in [-0.05, 0) is 24.9 Å².